The molecule has 2 aromatic rings. The second-order valence-electron chi connectivity index (χ2n) is 6.58. The summed E-state index contributed by atoms with van der Waals surface area (Å²) in [6, 6.07) is 5.89. The van der Waals surface area contributed by atoms with Gasteiger partial charge in [-0.3, -0.25) is 9.59 Å². The van der Waals surface area contributed by atoms with Gasteiger partial charge in [0.2, 0.25) is 0 Å². The average molecular weight is 440 g/mol. The highest BCUT2D eigenvalue weighted by Crippen LogP contribution is 2.09. The van der Waals surface area contributed by atoms with Crippen LogP contribution in [0, 0.1) is 12.7 Å². The van der Waals surface area contributed by atoms with Crippen LogP contribution < -0.4 is 4.72 Å². The Hall–Kier alpha value is -2.79. The number of sulfonamides is 1. The van der Waals surface area contributed by atoms with Crippen LogP contribution in [0.1, 0.15) is 24.7 Å². The van der Waals surface area contributed by atoms with Gasteiger partial charge in [-0.1, -0.05) is 12.1 Å². The quantitative estimate of drug-likeness (QED) is 0.555. The van der Waals surface area contributed by atoms with E-state index in [-0.39, 0.29) is 24.5 Å². The monoisotopic (exact) mass is 440 g/mol. The number of rotatable bonds is 10. The molecule has 9 nitrogen and oxygen atoms in total. The molecule has 1 N–H and O–H groups in total. The van der Waals surface area contributed by atoms with Gasteiger partial charge in [-0.25, -0.2) is 22.5 Å². The molecule has 2 rings (SSSR count). The van der Waals surface area contributed by atoms with Gasteiger partial charge in [0.15, 0.2) is 11.6 Å². The fraction of sp³-hybridized carbons (Fsp3) is 0.421. The Morgan fingerprint density at radius 2 is 2.07 bits per heavy atom. The topological polar surface area (TPSA) is 111 Å². The summed E-state index contributed by atoms with van der Waals surface area (Å²) in [5.41, 5.74) is 0.621. The van der Waals surface area contributed by atoms with E-state index < -0.39 is 34.3 Å². The summed E-state index contributed by atoms with van der Waals surface area (Å²) in [5, 5.41) is -0.137. The highest BCUT2D eigenvalue weighted by atomic mass is 32.2. The summed E-state index contributed by atoms with van der Waals surface area (Å²) < 4.78 is 46.3. The summed E-state index contributed by atoms with van der Waals surface area (Å²) in [6.07, 6.45) is 1.13. The van der Waals surface area contributed by atoms with Gasteiger partial charge in [0.25, 0.3) is 15.9 Å². The van der Waals surface area contributed by atoms with Gasteiger partial charge < -0.3 is 14.2 Å². The predicted octanol–water partition coefficient (Wildman–Crippen LogP) is 1.13. The van der Waals surface area contributed by atoms with Crippen LogP contribution in [0.25, 0.3) is 0 Å². The summed E-state index contributed by atoms with van der Waals surface area (Å²) in [4.78, 5) is 29.5. The number of benzene rings is 1. The van der Waals surface area contributed by atoms with Crippen molar-refractivity contribution in [3.63, 3.8) is 0 Å². The second kappa shape index (κ2) is 10.3. The van der Waals surface area contributed by atoms with Crippen molar-refractivity contribution in [1.82, 2.24) is 19.2 Å². The highest BCUT2D eigenvalue weighted by molar-refractivity contribution is 7.89. The molecule has 0 aliphatic carbocycles. The molecule has 0 aliphatic heterocycles. The van der Waals surface area contributed by atoms with Gasteiger partial charge >= 0.3 is 5.97 Å². The number of nitrogens with one attached hydrogen (secondary N) is 1. The third-order valence-corrected chi connectivity index (χ3v) is 5.67. The molecule has 1 heterocycles. The first kappa shape index (κ1) is 23.5. The van der Waals surface area contributed by atoms with E-state index in [1.54, 1.807) is 37.6 Å². The van der Waals surface area contributed by atoms with Crippen molar-refractivity contribution in [2.75, 3.05) is 19.7 Å². The first-order valence-corrected chi connectivity index (χ1v) is 10.8. The number of esters is 1. The summed E-state index contributed by atoms with van der Waals surface area (Å²) in [7, 11) is -2.17. The van der Waals surface area contributed by atoms with E-state index in [2.05, 4.69) is 9.71 Å². The summed E-state index contributed by atoms with van der Waals surface area (Å²) >= 11 is 0. The zero-order chi connectivity index (χ0) is 22.3. The van der Waals surface area contributed by atoms with Crippen LogP contribution >= 0.6 is 0 Å². The van der Waals surface area contributed by atoms with Gasteiger partial charge in [0.1, 0.15) is 11.6 Å². The number of likely N-dealkylation sites (N-methyl/N-ethyl adjacent to an activating group) is 1. The van der Waals surface area contributed by atoms with Gasteiger partial charge in [-0.15, -0.1) is 0 Å². The molecular weight excluding hydrogens is 415 g/mol. The third kappa shape index (κ3) is 6.63. The van der Waals surface area contributed by atoms with Crippen molar-refractivity contribution in [2.24, 2.45) is 7.05 Å². The number of ether oxygens (including phenoxy) is 1. The molecule has 30 heavy (non-hydrogen) atoms. The Kier molecular flexibility index (Phi) is 8.07. The molecule has 11 heteroatoms. The Morgan fingerprint density at radius 1 is 1.33 bits per heavy atom. The molecule has 1 aromatic carbocycles. The number of carbonyl (C=O) groups excluding carboxylic acids is 2. The van der Waals surface area contributed by atoms with Crippen LogP contribution in [0.4, 0.5) is 4.39 Å². The number of halogens is 1. The van der Waals surface area contributed by atoms with Crippen molar-refractivity contribution < 1.29 is 27.1 Å². The van der Waals surface area contributed by atoms with Crippen LogP contribution in [0.3, 0.4) is 0 Å². The summed E-state index contributed by atoms with van der Waals surface area (Å²) in [5.74, 6) is -1.01. The molecular formula is C19H25FN4O5S. The van der Waals surface area contributed by atoms with E-state index >= 15 is 0 Å². The number of aryl methyl sites for hydroxylation is 2. The Bertz CT molecular complexity index is 987. The molecule has 0 radical (unpaired) electrons. The third-order valence-electron chi connectivity index (χ3n) is 4.34. The standard InChI is InChI=1S/C19H25FN4O5S/c1-4-24(11-15-6-5-7-16(20)10-15)18(25)13-29-19(26)8-9-21-30(27,28)17-12-23(3)14(2)22-17/h5-7,10,12,21H,4,8-9,11,13H2,1-3H3. The molecule has 0 unspecified atom stereocenters. The van der Waals surface area contributed by atoms with Crippen molar-refractivity contribution in [1.29, 1.82) is 0 Å². The maximum Gasteiger partial charge on any atom is 0.307 e. The van der Waals surface area contributed by atoms with Gasteiger partial charge in [0.05, 0.1) is 6.42 Å². The van der Waals surface area contributed by atoms with Crippen LogP contribution in [-0.2, 0) is 37.9 Å². The minimum atomic E-state index is -3.84. The Balaban J connectivity index is 1.78. The van der Waals surface area contributed by atoms with Gasteiger partial charge in [-0.05, 0) is 31.5 Å². The number of imidazole rings is 1. The molecule has 0 fully saturated rings. The van der Waals surface area contributed by atoms with E-state index in [0.29, 0.717) is 17.9 Å². The number of hydrogen-bond donors (Lipinski definition) is 1. The normalized spacial score (nSPS) is 11.3. The Labute approximate surface area is 174 Å². The van der Waals surface area contributed by atoms with E-state index in [9.17, 15) is 22.4 Å². The molecule has 0 spiro atoms. The molecule has 1 aromatic heterocycles. The highest BCUT2D eigenvalue weighted by Gasteiger charge is 2.19. The van der Waals surface area contributed by atoms with E-state index in [1.165, 1.54) is 23.2 Å². The molecule has 1 amide bonds. The SMILES string of the molecule is CCN(Cc1cccc(F)c1)C(=O)COC(=O)CCNS(=O)(=O)c1cn(C)c(C)n1. The lowest BCUT2D eigenvalue weighted by Crippen LogP contribution is -2.34. The fourth-order valence-corrected chi connectivity index (χ4v) is 3.62. The van der Waals surface area contributed by atoms with Crippen LogP contribution in [0.5, 0.6) is 0 Å². The van der Waals surface area contributed by atoms with Crippen LogP contribution in [0.15, 0.2) is 35.5 Å². The zero-order valence-corrected chi connectivity index (χ0v) is 17.9. The van der Waals surface area contributed by atoms with Crippen molar-refractivity contribution >= 4 is 21.9 Å². The number of hydrogen-bond acceptors (Lipinski definition) is 6. The molecule has 0 saturated heterocycles. The minimum absolute atomic E-state index is 0.137. The van der Waals surface area contributed by atoms with E-state index in [1.807, 2.05) is 0 Å². The lowest BCUT2D eigenvalue weighted by atomic mass is 10.2. The van der Waals surface area contributed by atoms with E-state index in [0.717, 1.165) is 0 Å². The first-order valence-electron chi connectivity index (χ1n) is 9.30. The van der Waals surface area contributed by atoms with Gasteiger partial charge in [-0.2, -0.15) is 0 Å². The second-order valence-corrected chi connectivity index (χ2v) is 8.30. The number of carbonyl (C=O) groups is 2. The predicted molar refractivity (Wildman–Crippen MR) is 106 cm³/mol. The van der Waals surface area contributed by atoms with Crippen molar-refractivity contribution in [3.8, 4) is 0 Å². The number of aromatic nitrogens is 2. The van der Waals surface area contributed by atoms with Crippen LogP contribution in [0.2, 0.25) is 0 Å². The van der Waals surface area contributed by atoms with Crippen molar-refractivity contribution in [3.05, 3.63) is 47.7 Å². The molecule has 164 valence electrons. The zero-order valence-electron chi connectivity index (χ0n) is 17.1. The fourth-order valence-electron chi connectivity index (χ4n) is 2.55. The first-order chi connectivity index (χ1) is 14.1. The lowest BCUT2D eigenvalue weighted by molar-refractivity contribution is -0.152. The van der Waals surface area contributed by atoms with E-state index in [4.69, 9.17) is 4.74 Å². The summed E-state index contributed by atoms with van der Waals surface area (Å²) in [6.45, 7) is 3.30. The van der Waals surface area contributed by atoms with Crippen molar-refractivity contribution in [2.45, 2.75) is 31.8 Å². The largest absolute Gasteiger partial charge is 0.456 e. The Morgan fingerprint density at radius 3 is 2.67 bits per heavy atom. The number of nitrogens with zero attached hydrogens (tertiary/aromatic N) is 3. The smallest absolute Gasteiger partial charge is 0.307 e. The number of amides is 1. The lowest BCUT2D eigenvalue weighted by Gasteiger charge is -2.21. The molecule has 0 saturated carbocycles. The molecule has 0 aliphatic rings. The van der Waals surface area contributed by atoms with Gasteiger partial charge in [0, 0.05) is 32.9 Å². The van der Waals surface area contributed by atoms with Crippen LogP contribution in [-0.4, -0.2) is 54.4 Å². The maximum atomic E-state index is 13.3. The maximum absolute atomic E-state index is 13.3. The average Bonchev–Trinajstić information content (AvgIpc) is 3.03. The molecule has 0 bridgehead atoms. The molecule has 0 atom stereocenters. The minimum Gasteiger partial charge on any atom is -0.456 e.